The minimum Gasteiger partial charge on any atom is -0.320 e. The standard InChI is InChI=1S/C19H34N2/c1-4-7-15-21(16-8-5-2)17-19(20,14-6-3)18-12-10-9-11-13-18/h9-13H,4-8,14-17,20H2,1-3H3. The number of hydrogen-bond donors (Lipinski definition) is 1. The van der Waals surface area contributed by atoms with E-state index in [1.54, 1.807) is 0 Å². The summed E-state index contributed by atoms with van der Waals surface area (Å²) in [6.07, 6.45) is 7.20. The van der Waals surface area contributed by atoms with Gasteiger partial charge < -0.3 is 10.6 Å². The minimum absolute atomic E-state index is 0.211. The number of hydrogen-bond acceptors (Lipinski definition) is 2. The number of nitrogens with zero attached hydrogens (tertiary/aromatic N) is 1. The van der Waals surface area contributed by atoms with Gasteiger partial charge >= 0.3 is 0 Å². The van der Waals surface area contributed by atoms with Crippen molar-refractivity contribution < 1.29 is 0 Å². The maximum atomic E-state index is 6.83. The van der Waals surface area contributed by atoms with E-state index >= 15 is 0 Å². The molecule has 0 aliphatic heterocycles. The number of benzene rings is 1. The van der Waals surface area contributed by atoms with Gasteiger partial charge in [-0.05, 0) is 37.9 Å². The summed E-state index contributed by atoms with van der Waals surface area (Å²) in [5, 5.41) is 0. The molecule has 2 N–H and O–H groups in total. The Balaban J connectivity index is 2.81. The highest BCUT2D eigenvalue weighted by atomic mass is 15.1. The van der Waals surface area contributed by atoms with E-state index in [9.17, 15) is 0 Å². The molecule has 0 spiro atoms. The first kappa shape index (κ1) is 18.2. The molecule has 0 aliphatic rings. The highest BCUT2D eigenvalue weighted by molar-refractivity contribution is 5.24. The molecule has 21 heavy (non-hydrogen) atoms. The zero-order valence-corrected chi connectivity index (χ0v) is 14.3. The zero-order chi connectivity index (χ0) is 15.6. The first-order valence-corrected chi connectivity index (χ1v) is 8.73. The molecule has 120 valence electrons. The Kier molecular flexibility index (Phi) is 8.63. The van der Waals surface area contributed by atoms with Gasteiger partial charge in [0.1, 0.15) is 0 Å². The fourth-order valence-electron chi connectivity index (χ4n) is 2.96. The normalized spacial score (nSPS) is 14.3. The Morgan fingerprint density at radius 3 is 1.95 bits per heavy atom. The van der Waals surface area contributed by atoms with E-state index < -0.39 is 0 Å². The van der Waals surface area contributed by atoms with Crippen molar-refractivity contribution in [3.05, 3.63) is 35.9 Å². The van der Waals surface area contributed by atoms with Gasteiger partial charge in [-0.1, -0.05) is 70.4 Å². The van der Waals surface area contributed by atoms with Gasteiger partial charge in [0.05, 0.1) is 5.54 Å². The lowest BCUT2D eigenvalue weighted by Crippen LogP contribution is -2.48. The van der Waals surface area contributed by atoms with Gasteiger partial charge in [0.25, 0.3) is 0 Å². The fourth-order valence-corrected chi connectivity index (χ4v) is 2.96. The molecule has 0 radical (unpaired) electrons. The third kappa shape index (κ3) is 6.19. The van der Waals surface area contributed by atoms with Crippen molar-refractivity contribution in [2.75, 3.05) is 19.6 Å². The molecule has 1 atom stereocenters. The van der Waals surface area contributed by atoms with Gasteiger partial charge in [0.2, 0.25) is 0 Å². The van der Waals surface area contributed by atoms with E-state index in [-0.39, 0.29) is 5.54 Å². The summed E-state index contributed by atoms with van der Waals surface area (Å²) < 4.78 is 0. The molecule has 0 saturated carbocycles. The van der Waals surface area contributed by atoms with Crippen LogP contribution < -0.4 is 5.73 Å². The fraction of sp³-hybridized carbons (Fsp3) is 0.684. The predicted octanol–water partition coefficient (Wildman–Crippen LogP) is 4.54. The first-order chi connectivity index (χ1) is 10.2. The van der Waals surface area contributed by atoms with Gasteiger partial charge in [0.15, 0.2) is 0 Å². The van der Waals surface area contributed by atoms with Crippen LogP contribution in [0.1, 0.15) is 64.9 Å². The van der Waals surface area contributed by atoms with Crippen LogP contribution in [0, 0.1) is 0 Å². The van der Waals surface area contributed by atoms with Crippen LogP contribution in [-0.4, -0.2) is 24.5 Å². The van der Waals surface area contributed by atoms with Crippen LogP contribution in [-0.2, 0) is 5.54 Å². The van der Waals surface area contributed by atoms with Crippen LogP contribution in [0.3, 0.4) is 0 Å². The highest BCUT2D eigenvalue weighted by Gasteiger charge is 2.28. The van der Waals surface area contributed by atoms with E-state index in [2.05, 4.69) is 56.0 Å². The van der Waals surface area contributed by atoms with Crippen LogP contribution in [0.2, 0.25) is 0 Å². The van der Waals surface area contributed by atoms with Crippen molar-refractivity contribution in [2.45, 2.75) is 64.8 Å². The molecule has 1 aromatic carbocycles. The number of rotatable bonds is 11. The summed E-state index contributed by atoms with van der Waals surface area (Å²) in [5.41, 5.74) is 7.90. The van der Waals surface area contributed by atoms with E-state index in [1.807, 2.05) is 0 Å². The van der Waals surface area contributed by atoms with Crippen molar-refractivity contribution in [3.63, 3.8) is 0 Å². The van der Waals surface area contributed by atoms with Crippen LogP contribution in [0.5, 0.6) is 0 Å². The second-order valence-electron chi connectivity index (χ2n) is 6.26. The van der Waals surface area contributed by atoms with Crippen molar-refractivity contribution in [2.24, 2.45) is 5.73 Å². The molecule has 0 aromatic heterocycles. The summed E-state index contributed by atoms with van der Waals surface area (Å²) in [4.78, 5) is 2.58. The van der Waals surface area contributed by atoms with Gasteiger partial charge in [0, 0.05) is 6.54 Å². The second-order valence-corrected chi connectivity index (χ2v) is 6.26. The predicted molar refractivity (Wildman–Crippen MR) is 93.5 cm³/mol. The monoisotopic (exact) mass is 290 g/mol. The molecule has 2 heteroatoms. The van der Waals surface area contributed by atoms with Crippen LogP contribution in [0.25, 0.3) is 0 Å². The topological polar surface area (TPSA) is 29.3 Å². The Morgan fingerprint density at radius 1 is 0.905 bits per heavy atom. The van der Waals surface area contributed by atoms with Crippen LogP contribution in [0.15, 0.2) is 30.3 Å². The molecule has 0 heterocycles. The van der Waals surface area contributed by atoms with Gasteiger partial charge in [-0.25, -0.2) is 0 Å². The summed E-state index contributed by atoms with van der Waals surface area (Å²) >= 11 is 0. The molecule has 2 nitrogen and oxygen atoms in total. The molecule has 1 aromatic rings. The molecule has 1 rings (SSSR count). The smallest absolute Gasteiger partial charge is 0.0538 e. The lowest BCUT2D eigenvalue weighted by atomic mass is 9.86. The Bertz CT molecular complexity index is 355. The molecule has 0 saturated heterocycles. The summed E-state index contributed by atoms with van der Waals surface area (Å²) in [6.45, 7) is 10.1. The molecule has 1 unspecified atom stereocenters. The lowest BCUT2D eigenvalue weighted by molar-refractivity contribution is 0.194. The van der Waals surface area contributed by atoms with E-state index in [1.165, 1.54) is 44.3 Å². The second kappa shape index (κ2) is 9.97. The molecular weight excluding hydrogens is 256 g/mol. The summed E-state index contributed by atoms with van der Waals surface area (Å²) in [7, 11) is 0. The van der Waals surface area contributed by atoms with E-state index in [0.717, 1.165) is 19.4 Å². The Labute approximate surface area is 131 Å². The van der Waals surface area contributed by atoms with Crippen molar-refractivity contribution >= 4 is 0 Å². The molecular formula is C19H34N2. The highest BCUT2D eigenvalue weighted by Crippen LogP contribution is 2.25. The maximum Gasteiger partial charge on any atom is 0.0538 e. The Hall–Kier alpha value is -0.860. The number of nitrogens with two attached hydrogens (primary N) is 1. The van der Waals surface area contributed by atoms with Crippen LogP contribution in [0.4, 0.5) is 0 Å². The van der Waals surface area contributed by atoms with Gasteiger partial charge in [-0.3, -0.25) is 0 Å². The number of unbranched alkanes of at least 4 members (excludes halogenated alkanes) is 2. The third-order valence-corrected chi connectivity index (χ3v) is 4.21. The largest absolute Gasteiger partial charge is 0.320 e. The quantitative estimate of drug-likeness (QED) is 0.648. The minimum atomic E-state index is -0.211. The van der Waals surface area contributed by atoms with Gasteiger partial charge in [-0.2, -0.15) is 0 Å². The van der Waals surface area contributed by atoms with Gasteiger partial charge in [-0.15, -0.1) is 0 Å². The van der Waals surface area contributed by atoms with Crippen molar-refractivity contribution in [1.29, 1.82) is 0 Å². The lowest BCUT2D eigenvalue weighted by Gasteiger charge is -2.36. The average Bonchev–Trinajstić information content (AvgIpc) is 2.51. The van der Waals surface area contributed by atoms with E-state index in [4.69, 9.17) is 5.73 Å². The van der Waals surface area contributed by atoms with E-state index in [0.29, 0.717) is 0 Å². The third-order valence-electron chi connectivity index (χ3n) is 4.21. The maximum absolute atomic E-state index is 6.83. The summed E-state index contributed by atoms with van der Waals surface area (Å²) in [5.74, 6) is 0. The average molecular weight is 290 g/mol. The van der Waals surface area contributed by atoms with Crippen LogP contribution >= 0.6 is 0 Å². The SMILES string of the molecule is CCCCN(CCCC)CC(N)(CCC)c1ccccc1. The molecule has 0 fully saturated rings. The van der Waals surface area contributed by atoms with Crippen molar-refractivity contribution in [1.82, 2.24) is 4.90 Å². The molecule has 0 aliphatic carbocycles. The van der Waals surface area contributed by atoms with Crippen molar-refractivity contribution in [3.8, 4) is 0 Å². The molecule has 0 amide bonds. The first-order valence-electron chi connectivity index (χ1n) is 8.73. The summed E-state index contributed by atoms with van der Waals surface area (Å²) in [6, 6.07) is 10.7. The Morgan fingerprint density at radius 2 is 1.48 bits per heavy atom. The molecule has 0 bridgehead atoms. The zero-order valence-electron chi connectivity index (χ0n) is 14.3.